The Kier molecular flexibility index (Phi) is 5.53. The first-order valence-corrected chi connectivity index (χ1v) is 11.3. The molecule has 4 rings (SSSR count). The first kappa shape index (κ1) is 20.4. The lowest BCUT2D eigenvalue weighted by molar-refractivity contribution is -0.120. The molecule has 8 heteroatoms. The number of anilines is 1. The summed E-state index contributed by atoms with van der Waals surface area (Å²) in [6, 6.07) is 14.2. The standard InChI is InChI=1S/C22H25N3O4S/c1-24-13-12-19-20(4-3-5-21(19)24)23-22(26)16-10-14-25(15-11-16)30(27,28)18-8-6-17(29-2)7-9-18/h3-9,12-13,16H,10-11,14-15H2,1-2H3,(H,23,26). The number of fused-ring (bicyclic) bond motifs is 1. The molecule has 158 valence electrons. The molecule has 0 bridgehead atoms. The van der Waals surface area contributed by atoms with Gasteiger partial charge in [0.1, 0.15) is 5.75 Å². The van der Waals surface area contributed by atoms with Gasteiger partial charge in [-0.05, 0) is 55.3 Å². The molecule has 0 radical (unpaired) electrons. The van der Waals surface area contributed by atoms with Crippen LogP contribution in [0.4, 0.5) is 5.69 Å². The Morgan fingerprint density at radius 1 is 1.07 bits per heavy atom. The second-order valence-corrected chi connectivity index (χ2v) is 9.45. The third-order valence-electron chi connectivity index (χ3n) is 5.71. The zero-order chi connectivity index (χ0) is 21.3. The summed E-state index contributed by atoms with van der Waals surface area (Å²) in [5.74, 6) is 0.330. The fourth-order valence-electron chi connectivity index (χ4n) is 3.90. The largest absolute Gasteiger partial charge is 0.497 e. The Labute approximate surface area is 176 Å². The molecule has 1 aliphatic heterocycles. The number of amides is 1. The summed E-state index contributed by atoms with van der Waals surface area (Å²) in [6.45, 7) is 0.643. The van der Waals surface area contributed by atoms with E-state index >= 15 is 0 Å². The van der Waals surface area contributed by atoms with Gasteiger partial charge in [-0.2, -0.15) is 4.31 Å². The maximum Gasteiger partial charge on any atom is 0.243 e. The molecular formula is C22H25N3O4S. The maximum atomic E-state index is 12.9. The van der Waals surface area contributed by atoms with Crippen molar-refractivity contribution in [2.24, 2.45) is 13.0 Å². The molecule has 7 nitrogen and oxygen atoms in total. The molecule has 2 aromatic carbocycles. The van der Waals surface area contributed by atoms with Crippen LogP contribution in [0.5, 0.6) is 5.75 Å². The van der Waals surface area contributed by atoms with Gasteiger partial charge in [-0.15, -0.1) is 0 Å². The summed E-state index contributed by atoms with van der Waals surface area (Å²) in [6.07, 6.45) is 2.95. The number of aryl methyl sites for hydroxylation is 1. The second kappa shape index (κ2) is 8.12. The number of ether oxygens (including phenoxy) is 1. The van der Waals surface area contributed by atoms with E-state index in [2.05, 4.69) is 5.32 Å². The van der Waals surface area contributed by atoms with Crippen LogP contribution in [-0.4, -0.2) is 43.4 Å². The third kappa shape index (κ3) is 3.80. The Morgan fingerprint density at radius 2 is 1.77 bits per heavy atom. The lowest BCUT2D eigenvalue weighted by atomic mass is 9.97. The minimum Gasteiger partial charge on any atom is -0.497 e. The fraction of sp³-hybridized carbons (Fsp3) is 0.318. The molecule has 1 amide bonds. The SMILES string of the molecule is COc1ccc(S(=O)(=O)N2CCC(C(=O)Nc3cccc4c3ccn4C)CC2)cc1. The molecule has 1 aromatic heterocycles. The molecule has 0 unspecified atom stereocenters. The quantitative estimate of drug-likeness (QED) is 0.678. The van der Waals surface area contributed by atoms with E-state index in [-0.39, 0.29) is 16.7 Å². The maximum absolute atomic E-state index is 12.9. The van der Waals surface area contributed by atoms with Gasteiger partial charge < -0.3 is 14.6 Å². The highest BCUT2D eigenvalue weighted by Crippen LogP contribution is 2.28. The summed E-state index contributed by atoms with van der Waals surface area (Å²) in [5.41, 5.74) is 1.83. The van der Waals surface area contributed by atoms with Crippen molar-refractivity contribution in [3.8, 4) is 5.75 Å². The van der Waals surface area contributed by atoms with E-state index in [1.807, 2.05) is 42.1 Å². The average Bonchev–Trinajstić information content (AvgIpc) is 3.16. The molecule has 1 fully saturated rings. The minimum absolute atomic E-state index is 0.0622. The van der Waals surface area contributed by atoms with E-state index in [1.54, 1.807) is 24.3 Å². The highest BCUT2D eigenvalue weighted by atomic mass is 32.2. The van der Waals surface area contributed by atoms with E-state index in [1.165, 1.54) is 11.4 Å². The van der Waals surface area contributed by atoms with Crippen LogP contribution in [0.1, 0.15) is 12.8 Å². The Morgan fingerprint density at radius 3 is 2.43 bits per heavy atom. The molecule has 3 aromatic rings. The van der Waals surface area contributed by atoms with Crippen molar-refractivity contribution in [1.82, 2.24) is 8.87 Å². The molecule has 0 atom stereocenters. The van der Waals surface area contributed by atoms with Crippen molar-refractivity contribution in [2.45, 2.75) is 17.7 Å². The number of hydrogen-bond donors (Lipinski definition) is 1. The van der Waals surface area contributed by atoms with Crippen LogP contribution in [0.25, 0.3) is 10.9 Å². The number of nitrogens with zero attached hydrogens (tertiary/aromatic N) is 2. The molecule has 1 saturated heterocycles. The Bertz CT molecular complexity index is 1160. The van der Waals surface area contributed by atoms with Crippen LogP contribution in [-0.2, 0) is 21.9 Å². The number of aromatic nitrogens is 1. The summed E-state index contributed by atoms with van der Waals surface area (Å²) in [4.78, 5) is 13.1. The number of sulfonamides is 1. The average molecular weight is 428 g/mol. The van der Waals surface area contributed by atoms with Crippen LogP contribution in [0.3, 0.4) is 0 Å². The molecular weight excluding hydrogens is 402 g/mol. The molecule has 0 spiro atoms. The molecule has 0 aliphatic carbocycles. The summed E-state index contributed by atoms with van der Waals surface area (Å²) in [5, 5.41) is 4.03. The van der Waals surface area contributed by atoms with Crippen LogP contribution >= 0.6 is 0 Å². The number of nitrogens with one attached hydrogen (secondary N) is 1. The molecule has 2 heterocycles. The molecule has 1 aliphatic rings. The van der Waals surface area contributed by atoms with Crippen molar-refractivity contribution >= 4 is 32.5 Å². The van der Waals surface area contributed by atoms with Crippen molar-refractivity contribution in [1.29, 1.82) is 0 Å². The van der Waals surface area contributed by atoms with Gasteiger partial charge in [0.2, 0.25) is 15.9 Å². The lowest BCUT2D eigenvalue weighted by Gasteiger charge is -2.30. The highest BCUT2D eigenvalue weighted by Gasteiger charge is 2.32. The number of carbonyl (C=O) groups excluding carboxylic acids is 1. The van der Waals surface area contributed by atoms with Gasteiger partial charge in [0.15, 0.2) is 0 Å². The van der Waals surface area contributed by atoms with Crippen molar-refractivity contribution in [3.63, 3.8) is 0 Å². The smallest absolute Gasteiger partial charge is 0.243 e. The zero-order valence-corrected chi connectivity index (χ0v) is 17.9. The number of methoxy groups -OCH3 is 1. The van der Waals surface area contributed by atoms with Crippen molar-refractivity contribution in [2.75, 3.05) is 25.5 Å². The molecule has 1 N–H and O–H groups in total. The van der Waals surface area contributed by atoms with Crippen LogP contribution in [0, 0.1) is 5.92 Å². The van der Waals surface area contributed by atoms with Gasteiger partial charge >= 0.3 is 0 Å². The first-order valence-electron chi connectivity index (χ1n) is 9.89. The fourth-order valence-corrected chi connectivity index (χ4v) is 5.37. The number of carbonyl (C=O) groups is 1. The monoisotopic (exact) mass is 427 g/mol. The van der Waals surface area contributed by atoms with Gasteiger partial charge in [-0.25, -0.2) is 8.42 Å². The van der Waals surface area contributed by atoms with Gasteiger partial charge in [-0.1, -0.05) is 6.07 Å². The normalized spacial score (nSPS) is 15.9. The van der Waals surface area contributed by atoms with Gasteiger partial charge in [0.05, 0.1) is 17.7 Å². The third-order valence-corrected chi connectivity index (χ3v) is 7.62. The van der Waals surface area contributed by atoms with Crippen molar-refractivity contribution < 1.29 is 17.9 Å². The number of benzene rings is 2. The van der Waals surface area contributed by atoms with E-state index in [0.29, 0.717) is 31.7 Å². The van der Waals surface area contributed by atoms with Crippen LogP contribution < -0.4 is 10.1 Å². The summed E-state index contributed by atoms with van der Waals surface area (Å²) < 4.78 is 34.3. The predicted molar refractivity (Wildman–Crippen MR) is 116 cm³/mol. The van der Waals surface area contributed by atoms with E-state index in [9.17, 15) is 13.2 Å². The Balaban J connectivity index is 1.41. The molecule has 0 saturated carbocycles. The lowest BCUT2D eigenvalue weighted by Crippen LogP contribution is -2.41. The summed E-state index contributed by atoms with van der Waals surface area (Å²) >= 11 is 0. The zero-order valence-electron chi connectivity index (χ0n) is 17.0. The number of piperidine rings is 1. The molecule has 30 heavy (non-hydrogen) atoms. The minimum atomic E-state index is -3.58. The Hall–Kier alpha value is -2.84. The van der Waals surface area contributed by atoms with Gasteiger partial charge in [0.25, 0.3) is 0 Å². The highest BCUT2D eigenvalue weighted by molar-refractivity contribution is 7.89. The van der Waals surface area contributed by atoms with E-state index < -0.39 is 10.0 Å². The van der Waals surface area contributed by atoms with Crippen LogP contribution in [0.2, 0.25) is 0 Å². The predicted octanol–water partition coefficient (Wildman–Crippen LogP) is 3.23. The van der Waals surface area contributed by atoms with E-state index in [4.69, 9.17) is 4.74 Å². The number of hydrogen-bond acceptors (Lipinski definition) is 4. The van der Waals surface area contributed by atoms with E-state index in [0.717, 1.165) is 16.6 Å². The van der Waals surface area contributed by atoms with Gasteiger partial charge in [0, 0.05) is 43.2 Å². The first-order chi connectivity index (χ1) is 14.4. The van der Waals surface area contributed by atoms with Crippen molar-refractivity contribution in [3.05, 3.63) is 54.7 Å². The van der Waals surface area contributed by atoms with Gasteiger partial charge in [-0.3, -0.25) is 4.79 Å². The summed E-state index contributed by atoms with van der Waals surface area (Å²) in [7, 11) is -0.0733. The van der Waals surface area contributed by atoms with Crippen LogP contribution in [0.15, 0.2) is 59.6 Å². The topological polar surface area (TPSA) is 80.6 Å². The number of rotatable bonds is 5. The second-order valence-electron chi connectivity index (χ2n) is 7.51.